The van der Waals surface area contributed by atoms with Crippen LogP contribution in [0.1, 0.15) is 23.6 Å². The molecular weight excluding hydrogens is 404 g/mol. The van der Waals surface area contributed by atoms with E-state index >= 15 is 0 Å². The van der Waals surface area contributed by atoms with Crippen molar-refractivity contribution < 1.29 is 24.2 Å². The first-order valence-electron chi connectivity index (χ1n) is 9.15. The van der Waals surface area contributed by atoms with Gasteiger partial charge in [-0.25, -0.2) is 4.79 Å². The van der Waals surface area contributed by atoms with Crippen LogP contribution in [0.3, 0.4) is 0 Å². The smallest absolute Gasteiger partial charge is 0.344 e. The number of benzene rings is 2. The first kappa shape index (κ1) is 21.2. The van der Waals surface area contributed by atoms with Gasteiger partial charge >= 0.3 is 5.97 Å². The van der Waals surface area contributed by atoms with Gasteiger partial charge < -0.3 is 9.84 Å². The Labute approximate surface area is 179 Å². The van der Waals surface area contributed by atoms with Crippen LogP contribution in [0.5, 0.6) is 5.75 Å². The molecule has 154 valence electrons. The summed E-state index contributed by atoms with van der Waals surface area (Å²) in [7, 11) is 0. The number of hydrogen-bond donors (Lipinski definition) is 2. The van der Waals surface area contributed by atoms with Gasteiger partial charge in [0.15, 0.2) is 11.2 Å². The van der Waals surface area contributed by atoms with Gasteiger partial charge in [0, 0.05) is 0 Å². The van der Waals surface area contributed by atoms with Crippen molar-refractivity contribution in [3.05, 3.63) is 64.7 Å². The third-order valence-electron chi connectivity index (χ3n) is 4.42. The number of carboxylic acids is 1. The lowest BCUT2D eigenvalue weighted by atomic mass is 10.1. The minimum Gasteiger partial charge on any atom is -0.479 e. The van der Waals surface area contributed by atoms with Crippen LogP contribution in [0.15, 0.2) is 48.0 Å². The number of carbonyl (C=O) groups excluding carboxylic acids is 2. The molecule has 2 N–H and O–H groups in total. The number of aliphatic carboxylic acids is 1. The number of anilines is 1. The van der Waals surface area contributed by atoms with Crippen LogP contribution in [0, 0.1) is 13.8 Å². The van der Waals surface area contributed by atoms with Gasteiger partial charge in [-0.3, -0.25) is 19.8 Å². The van der Waals surface area contributed by atoms with E-state index in [1.807, 2.05) is 32.0 Å². The number of ether oxygens (including phenoxy) is 1. The van der Waals surface area contributed by atoms with Gasteiger partial charge in [0.05, 0.1) is 5.69 Å². The molecule has 0 bridgehead atoms. The summed E-state index contributed by atoms with van der Waals surface area (Å²) in [5.74, 6) is -1.81. The summed E-state index contributed by atoms with van der Waals surface area (Å²) in [6.07, 6.45) is 0.465. The highest BCUT2D eigenvalue weighted by Crippen LogP contribution is 2.25. The highest BCUT2D eigenvalue weighted by atomic mass is 32.1. The second-order valence-corrected chi connectivity index (χ2v) is 7.36. The molecule has 0 aliphatic carbocycles. The van der Waals surface area contributed by atoms with Crippen LogP contribution in [0.25, 0.3) is 6.08 Å². The summed E-state index contributed by atoms with van der Waals surface area (Å²) in [4.78, 5) is 37.7. The normalized spacial score (nSPS) is 16.4. The van der Waals surface area contributed by atoms with Crippen molar-refractivity contribution >= 4 is 46.9 Å². The number of nitrogens with one attached hydrogen (secondary N) is 1. The molecule has 2 amide bonds. The number of thiocarbonyl (C=S) groups is 1. The minimum absolute atomic E-state index is 0.0264. The Balaban J connectivity index is 1.90. The monoisotopic (exact) mass is 424 g/mol. The Kier molecular flexibility index (Phi) is 5.98. The van der Waals surface area contributed by atoms with Gasteiger partial charge in [0.25, 0.3) is 11.8 Å². The maximum atomic E-state index is 13.1. The van der Waals surface area contributed by atoms with Gasteiger partial charge in [-0.05, 0) is 80.0 Å². The van der Waals surface area contributed by atoms with Crippen LogP contribution in [0.2, 0.25) is 0 Å². The fourth-order valence-corrected chi connectivity index (χ4v) is 3.32. The van der Waals surface area contributed by atoms with Gasteiger partial charge in [0.2, 0.25) is 0 Å². The molecule has 1 atom stereocenters. The average Bonchev–Trinajstić information content (AvgIpc) is 2.65. The predicted molar refractivity (Wildman–Crippen MR) is 116 cm³/mol. The van der Waals surface area contributed by atoms with E-state index in [0.717, 1.165) is 11.1 Å². The molecule has 30 heavy (non-hydrogen) atoms. The summed E-state index contributed by atoms with van der Waals surface area (Å²) in [6.45, 7) is 5.25. The molecule has 2 aromatic rings. The molecule has 1 fully saturated rings. The molecule has 1 heterocycles. The third kappa shape index (κ3) is 4.55. The SMILES string of the molecule is Cc1cc(C)cc(N2C(=O)/C(=C/c3ccc(O[C@@H](C)C(=O)O)cc3)C(=O)NC2=S)c1. The molecule has 0 unspecified atom stereocenters. The summed E-state index contributed by atoms with van der Waals surface area (Å²) < 4.78 is 5.28. The number of carboxylic acid groups (broad SMARTS) is 1. The topological polar surface area (TPSA) is 95.9 Å². The van der Waals surface area contributed by atoms with Crippen molar-refractivity contribution in [2.24, 2.45) is 0 Å². The highest BCUT2D eigenvalue weighted by Gasteiger charge is 2.34. The van der Waals surface area contributed by atoms with Crippen molar-refractivity contribution in [3.63, 3.8) is 0 Å². The minimum atomic E-state index is -1.08. The number of nitrogens with zero attached hydrogens (tertiary/aromatic N) is 1. The lowest BCUT2D eigenvalue weighted by Gasteiger charge is -2.29. The number of aryl methyl sites for hydroxylation is 2. The number of hydrogen-bond acceptors (Lipinski definition) is 5. The Morgan fingerprint density at radius 2 is 1.73 bits per heavy atom. The van der Waals surface area contributed by atoms with Crippen molar-refractivity contribution in [3.8, 4) is 5.75 Å². The van der Waals surface area contributed by atoms with Gasteiger partial charge in [-0.2, -0.15) is 0 Å². The lowest BCUT2D eigenvalue weighted by Crippen LogP contribution is -2.54. The Bertz CT molecular complexity index is 1060. The molecule has 8 heteroatoms. The van der Waals surface area contributed by atoms with Crippen molar-refractivity contribution in [1.82, 2.24) is 5.32 Å². The van der Waals surface area contributed by atoms with E-state index in [1.54, 1.807) is 24.3 Å². The van der Waals surface area contributed by atoms with Crippen LogP contribution in [-0.4, -0.2) is 34.1 Å². The summed E-state index contributed by atoms with van der Waals surface area (Å²) >= 11 is 5.23. The molecule has 1 aliphatic rings. The van der Waals surface area contributed by atoms with E-state index in [9.17, 15) is 14.4 Å². The average molecular weight is 424 g/mol. The number of amides is 2. The molecule has 7 nitrogen and oxygen atoms in total. The molecule has 1 aliphatic heterocycles. The van der Waals surface area contributed by atoms with E-state index in [2.05, 4.69) is 5.32 Å². The van der Waals surface area contributed by atoms with E-state index in [4.69, 9.17) is 22.1 Å². The van der Waals surface area contributed by atoms with Crippen molar-refractivity contribution in [2.75, 3.05) is 4.90 Å². The Morgan fingerprint density at radius 3 is 2.30 bits per heavy atom. The second-order valence-electron chi connectivity index (χ2n) is 6.97. The standard InChI is InChI=1S/C22H20N2O5S/c1-12-8-13(2)10-16(9-12)24-20(26)18(19(25)23-22(24)30)11-15-4-6-17(7-5-15)29-14(3)21(27)28/h4-11,14H,1-3H3,(H,27,28)(H,23,25,30)/b18-11+/t14-/m0/s1. The van der Waals surface area contributed by atoms with E-state index in [1.165, 1.54) is 17.9 Å². The summed E-state index contributed by atoms with van der Waals surface area (Å²) in [6, 6.07) is 12.0. The van der Waals surface area contributed by atoms with E-state index in [-0.39, 0.29) is 10.7 Å². The molecular formula is C22H20N2O5S. The first-order valence-corrected chi connectivity index (χ1v) is 9.56. The second kappa shape index (κ2) is 8.46. The van der Waals surface area contributed by atoms with Crippen LogP contribution in [-0.2, 0) is 14.4 Å². The Morgan fingerprint density at radius 1 is 1.13 bits per heavy atom. The van der Waals surface area contributed by atoms with E-state index in [0.29, 0.717) is 17.0 Å². The predicted octanol–water partition coefficient (Wildman–Crippen LogP) is 2.99. The third-order valence-corrected chi connectivity index (χ3v) is 4.70. The maximum Gasteiger partial charge on any atom is 0.344 e. The van der Waals surface area contributed by atoms with Crippen LogP contribution < -0.4 is 15.0 Å². The maximum absolute atomic E-state index is 13.1. The molecule has 1 saturated heterocycles. The zero-order valence-electron chi connectivity index (χ0n) is 16.6. The number of rotatable bonds is 5. The quantitative estimate of drug-likeness (QED) is 0.435. The summed E-state index contributed by atoms with van der Waals surface area (Å²) in [5, 5.41) is 11.5. The first-order chi connectivity index (χ1) is 14.2. The van der Waals surface area contributed by atoms with Gasteiger partial charge in [-0.15, -0.1) is 0 Å². The van der Waals surface area contributed by atoms with Crippen molar-refractivity contribution in [1.29, 1.82) is 0 Å². The summed E-state index contributed by atoms with van der Waals surface area (Å²) in [5.41, 5.74) is 3.04. The van der Waals surface area contributed by atoms with Crippen LogP contribution >= 0.6 is 12.2 Å². The largest absolute Gasteiger partial charge is 0.479 e. The zero-order chi connectivity index (χ0) is 22.0. The zero-order valence-corrected chi connectivity index (χ0v) is 17.4. The molecule has 3 rings (SSSR count). The molecule has 0 spiro atoms. The lowest BCUT2D eigenvalue weighted by molar-refractivity contribution is -0.144. The molecule has 0 aromatic heterocycles. The highest BCUT2D eigenvalue weighted by molar-refractivity contribution is 7.80. The fourth-order valence-electron chi connectivity index (χ4n) is 3.04. The van der Waals surface area contributed by atoms with Crippen molar-refractivity contribution in [2.45, 2.75) is 26.9 Å². The molecule has 0 saturated carbocycles. The van der Waals surface area contributed by atoms with Gasteiger partial charge in [0.1, 0.15) is 11.3 Å². The molecule has 2 aromatic carbocycles. The number of carbonyl (C=O) groups is 3. The van der Waals surface area contributed by atoms with E-state index < -0.39 is 23.9 Å². The van der Waals surface area contributed by atoms with Crippen LogP contribution in [0.4, 0.5) is 5.69 Å². The fraction of sp³-hybridized carbons (Fsp3) is 0.182. The molecule has 0 radical (unpaired) electrons. The van der Waals surface area contributed by atoms with Gasteiger partial charge in [-0.1, -0.05) is 18.2 Å². The Hall–Kier alpha value is -3.52.